The van der Waals surface area contributed by atoms with Crippen molar-refractivity contribution < 1.29 is 10.4 Å². The molecule has 1 aromatic heterocycles. The van der Waals surface area contributed by atoms with Gasteiger partial charge in [0.05, 0.1) is 4.92 Å². The van der Waals surface area contributed by atoms with Crippen molar-refractivity contribution in [2.24, 2.45) is 0 Å². The molecule has 1 aromatic rings. The predicted molar refractivity (Wildman–Crippen MR) is 34.5 cm³/mol. The molecule has 0 amide bonds. The number of nitro groups is 1. The van der Waals surface area contributed by atoms with E-state index in [1.54, 1.807) is 0 Å². The van der Waals surface area contributed by atoms with E-state index in [9.17, 15) is 10.1 Å². The Labute approximate surface area is 56.8 Å². The van der Waals surface area contributed by atoms with E-state index in [0.717, 1.165) is 0 Å². The molecule has 0 fully saturated rings. The molecule has 0 aliphatic heterocycles. The fourth-order valence-electron chi connectivity index (χ4n) is 0.462. The summed E-state index contributed by atoms with van der Waals surface area (Å²) in [5.41, 5.74) is 0.0255. The van der Waals surface area contributed by atoms with Crippen molar-refractivity contribution in [3.63, 3.8) is 0 Å². The second kappa shape index (κ2) is 3.52. The number of aromatic nitrogens is 1. The van der Waals surface area contributed by atoms with E-state index in [1.807, 2.05) is 0 Å². The highest BCUT2D eigenvalue weighted by Gasteiger charge is 1.99. The van der Waals surface area contributed by atoms with Gasteiger partial charge in [0, 0.05) is 12.3 Å². The average molecular weight is 142 g/mol. The Morgan fingerprint density at radius 2 is 2.30 bits per heavy atom. The van der Waals surface area contributed by atoms with E-state index in [2.05, 4.69) is 4.98 Å². The van der Waals surface area contributed by atoms with Crippen LogP contribution < -0.4 is 0 Å². The summed E-state index contributed by atoms with van der Waals surface area (Å²) in [7, 11) is 0. The maximum Gasteiger partial charge on any atom is 0.287 e. The molecule has 0 bridgehead atoms. The number of pyridine rings is 1. The van der Waals surface area contributed by atoms with Gasteiger partial charge in [0.15, 0.2) is 0 Å². The average Bonchev–Trinajstić information content (AvgIpc) is 1.90. The van der Waals surface area contributed by atoms with Crippen LogP contribution in [0.25, 0.3) is 0 Å². The lowest BCUT2D eigenvalue weighted by molar-refractivity contribution is -0.385. The highest BCUT2D eigenvalue weighted by molar-refractivity contribution is 5.23. The third kappa shape index (κ3) is 1.79. The third-order valence-electron chi connectivity index (χ3n) is 0.857. The monoisotopic (exact) mass is 142 g/mol. The van der Waals surface area contributed by atoms with Gasteiger partial charge in [-0.3, -0.25) is 15.1 Å². The molecular formula is C5H6N2O3. The van der Waals surface area contributed by atoms with E-state index in [0.29, 0.717) is 0 Å². The molecule has 5 nitrogen and oxygen atoms in total. The Hall–Kier alpha value is -1.49. The Balaban J connectivity index is 0.000000810. The summed E-state index contributed by atoms with van der Waals surface area (Å²) in [4.78, 5) is 13.1. The SMILES string of the molecule is O.O=[N+]([O-])c1cccnc1. The molecule has 2 N–H and O–H groups in total. The molecule has 0 atom stereocenters. The minimum atomic E-state index is -0.479. The number of nitrogens with zero attached hydrogens (tertiary/aromatic N) is 2. The van der Waals surface area contributed by atoms with Gasteiger partial charge in [0.25, 0.3) is 5.69 Å². The second-order valence-corrected chi connectivity index (χ2v) is 1.47. The van der Waals surface area contributed by atoms with E-state index in [4.69, 9.17) is 0 Å². The van der Waals surface area contributed by atoms with E-state index >= 15 is 0 Å². The highest BCUT2D eigenvalue weighted by Crippen LogP contribution is 2.04. The molecular weight excluding hydrogens is 136 g/mol. The maximum absolute atomic E-state index is 9.97. The Morgan fingerprint density at radius 3 is 2.60 bits per heavy atom. The molecule has 54 valence electrons. The van der Waals surface area contributed by atoms with Gasteiger partial charge in [-0.15, -0.1) is 0 Å². The molecule has 0 unspecified atom stereocenters. The Kier molecular flexibility index (Phi) is 2.99. The first kappa shape index (κ1) is 8.51. The first-order valence-corrected chi connectivity index (χ1v) is 2.35. The van der Waals surface area contributed by atoms with Crippen LogP contribution >= 0.6 is 0 Å². The number of hydrogen-bond donors (Lipinski definition) is 0. The zero-order valence-corrected chi connectivity index (χ0v) is 5.02. The quantitative estimate of drug-likeness (QED) is 0.413. The minimum absolute atomic E-state index is 0. The molecule has 0 aliphatic carbocycles. The van der Waals surface area contributed by atoms with Gasteiger partial charge in [-0.25, -0.2) is 0 Å². The summed E-state index contributed by atoms with van der Waals surface area (Å²) in [6.45, 7) is 0. The van der Waals surface area contributed by atoms with Crippen LogP contribution in [0.1, 0.15) is 0 Å². The van der Waals surface area contributed by atoms with Crippen molar-refractivity contribution >= 4 is 5.69 Å². The van der Waals surface area contributed by atoms with Crippen molar-refractivity contribution in [1.29, 1.82) is 0 Å². The van der Waals surface area contributed by atoms with Crippen molar-refractivity contribution in [2.45, 2.75) is 0 Å². The van der Waals surface area contributed by atoms with Crippen LogP contribution in [0.4, 0.5) is 5.69 Å². The summed E-state index contributed by atoms with van der Waals surface area (Å²) in [5.74, 6) is 0. The van der Waals surface area contributed by atoms with Crippen LogP contribution in [0.2, 0.25) is 0 Å². The van der Waals surface area contributed by atoms with Crippen LogP contribution in [0.3, 0.4) is 0 Å². The standard InChI is InChI=1S/C5H4N2O2.H2O/c8-7(9)5-2-1-3-6-4-5;/h1-4H;1H2. The van der Waals surface area contributed by atoms with Gasteiger partial charge in [0.1, 0.15) is 6.20 Å². The van der Waals surface area contributed by atoms with Crippen molar-refractivity contribution in [1.82, 2.24) is 4.98 Å². The van der Waals surface area contributed by atoms with E-state index in [1.165, 1.54) is 24.5 Å². The van der Waals surface area contributed by atoms with Crippen molar-refractivity contribution in [3.05, 3.63) is 34.6 Å². The molecule has 1 rings (SSSR count). The fourth-order valence-corrected chi connectivity index (χ4v) is 0.462. The molecule has 10 heavy (non-hydrogen) atoms. The Morgan fingerprint density at radius 1 is 1.60 bits per heavy atom. The van der Waals surface area contributed by atoms with Crippen LogP contribution in [-0.4, -0.2) is 15.4 Å². The summed E-state index contributed by atoms with van der Waals surface area (Å²) < 4.78 is 0. The Bertz CT molecular complexity index is 211. The summed E-state index contributed by atoms with van der Waals surface area (Å²) >= 11 is 0. The zero-order chi connectivity index (χ0) is 6.69. The topological polar surface area (TPSA) is 87.5 Å². The molecule has 5 heteroatoms. The number of hydrogen-bond acceptors (Lipinski definition) is 3. The maximum atomic E-state index is 9.97. The van der Waals surface area contributed by atoms with Gasteiger partial charge < -0.3 is 5.48 Å². The van der Waals surface area contributed by atoms with Crippen LogP contribution in [0, 0.1) is 10.1 Å². The van der Waals surface area contributed by atoms with E-state index in [-0.39, 0.29) is 11.2 Å². The normalized spacial score (nSPS) is 8.00. The van der Waals surface area contributed by atoms with E-state index < -0.39 is 4.92 Å². The molecule has 0 saturated heterocycles. The molecule has 0 radical (unpaired) electrons. The predicted octanol–water partition coefficient (Wildman–Crippen LogP) is 0.165. The third-order valence-corrected chi connectivity index (χ3v) is 0.857. The van der Waals surface area contributed by atoms with Gasteiger partial charge in [0.2, 0.25) is 0 Å². The second-order valence-electron chi connectivity index (χ2n) is 1.47. The number of rotatable bonds is 1. The lowest BCUT2D eigenvalue weighted by Gasteiger charge is -1.84. The first-order valence-electron chi connectivity index (χ1n) is 2.35. The van der Waals surface area contributed by atoms with Crippen LogP contribution in [0.15, 0.2) is 24.5 Å². The van der Waals surface area contributed by atoms with Gasteiger partial charge in [-0.1, -0.05) is 0 Å². The summed E-state index contributed by atoms with van der Waals surface area (Å²) in [6.07, 6.45) is 2.70. The van der Waals surface area contributed by atoms with Crippen molar-refractivity contribution in [3.8, 4) is 0 Å². The first-order chi connectivity index (χ1) is 4.30. The summed E-state index contributed by atoms with van der Waals surface area (Å²) in [6, 6.07) is 2.92. The molecule has 0 aliphatic rings. The van der Waals surface area contributed by atoms with Crippen LogP contribution in [0.5, 0.6) is 0 Å². The molecule has 1 heterocycles. The van der Waals surface area contributed by atoms with Crippen LogP contribution in [-0.2, 0) is 0 Å². The minimum Gasteiger partial charge on any atom is -0.412 e. The lowest BCUT2D eigenvalue weighted by Crippen LogP contribution is -1.86. The molecule has 0 spiro atoms. The van der Waals surface area contributed by atoms with Crippen molar-refractivity contribution in [2.75, 3.05) is 0 Å². The summed E-state index contributed by atoms with van der Waals surface area (Å²) in [5, 5.41) is 9.97. The molecule has 0 saturated carbocycles. The lowest BCUT2D eigenvalue weighted by atomic mass is 10.4. The van der Waals surface area contributed by atoms with Gasteiger partial charge in [-0.2, -0.15) is 0 Å². The molecule has 0 aromatic carbocycles. The van der Waals surface area contributed by atoms with Gasteiger partial charge >= 0.3 is 0 Å². The largest absolute Gasteiger partial charge is 0.412 e. The van der Waals surface area contributed by atoms with Gasteiger partial charge in [-0.05, 0) is 6.07 Å². The highest BCUT2D eigenvalue weighted by atomic mass is 16.6. The zero-order valence-electron chi connectivity index (χ0n) is 5.02. The fraction of sp³-hybridized carbons (Fsp3) is 0. The smallest absolute Gasteiger partial charge is 0.287 e.